The number of rotatable bonds is 10. The fourth-order valence-corrected chi connectivity index (χ4v) is 5.18. The molecule has 0 fully saturated rings. The van der Waals surface area contributed by atoms with Crippen molar-refractivity contribution in [2.24, 2.45) is 0 Å². The predicted octanol–water partition coefficient (Wildman–Crippen LogP) is 5.71. The summed E-state index contributed by atoms with van der Waals surface area (Å²) in [5.41, 5.74) is 3.45. The molecule has 5 rings (SSSR count). The molecule has 0 aliphatic rings. The number of benzene rings is 4. The van der Waals surface area contributed by atoms with Crippen LogP contribution in [0.25, 0.3) is 10.6 Å². The van der Waals surface area contributed by atoms with Crippen LogP contribution in [0.2, 0.25) is 0 Å². The van der Waals surface area contributed by atoms with E-state index in [9.17, 15) is 9.59 Å². The summed E-state index contributed by atoms with van der Waals surface area (Å²) in [6.07, 6.45) is 0.316. The van der Waals surface area contributed by atoms with Crippen LogP contribution >= 0.6 is 11.3 Å². The molecule has 0 aliphatic heterocycles. The molecule has 2 N–H and O–H groups in total. The van der Waals surface area contributed by atoms with E-state index in [4.69, 9.17) is 4.74 Å². The molecular formula is C32H28N4O3S. The lowest BCUT2D eigenvalue weighted by atomic mass is 9.90. The van der Waals surface area contributed by atoms with Crippen LogP contribution < -0.4 is 15.4 Å². The van der Waals surface area contributed by atoms with E-state index in [1.54, 1.807) is 7.11 Å². The lowest BCUT2D eigenvalue weighted by Crippen LogP contribution is -2.47. The summed E-state index contributed by atoms with van der Waals surface area (Å²) >= 11 is 1.25. The maximum atomic E-state index is 13.8. The van der Waals surface area contributed by atoms with E-state index in [0.29, 0.717) is 22.3 Å². The lowest BCUT2D eigenvalue weighted by molar-refractivity contribution is -0.126. The van der Waals surface area contributed by atoms with Crippen molar-refractivity contribution in [2.45, 2.75) is 18.4 Å². The molecule has 7 nitrogen and oxygen atoms in total. The van der Waals surface area contributed by atoms with E-state index in [1.165, 1.54) is 11.3 Å². The van der Waals surface area contributed by atoms with Crippen LogP contribution in [-0.4, -0.2) is 35.2 Å². The number of carbonyl (C=O) groups excluding carboxylic acids is 2. The number of amides is 2. The quantitative estimate of drug-likeness (QED) is 0.233. The molecule has 0 saturated heterocycles. The number of nitrogens with one attached hydrogen (secondary N) is 2. The van der Waals surface area contributed by atoms with Crippen molar-refractivity contribution in [1.82, 2.24) is 15.5 Å². The molecule has 0 aliphatic carbocycles. The van der Waals surface area contributed by atoms with Gasteiger partial charge in [0.1, 0.15) is 16.8 Å². The van der Waals surface area contributed by atoms with Crippen molar-refractivity contribution in [1.29, 1.82) is 0 Å². The average molecular weight is 549 g/mol. The zero-order valence-corrected chi connectivity index (χ0v) is 22.7. The molecule has 0 radical (unpaired) electrons. The number of nitrogens with zero attached hydrogens (tertiary/aromatic N) is 2. The highest BCUT2D eigenvalue weighted by Gasteiger charge is 2.28. The summed E-state index contributed by atoms with van der Waals surface area (Å²) in [7, 11) is 1.60. The second-order valence-electron chi connectivity index (χ2n) is 9.14. The zero-order chi connectivity index (χ0) is 27.7. The van der Waals surface area contributed by atoms with Crippen molar-refractivity contribution < 1.29 is 14.3 Å². The van der Waals surface area contributed by atoms with Crippen LogP contribution in [0.1, 0.15) is 22.6 Å². The monoisotopic (exact) mass is 548 g/mol. The standard InChI is InChI=1S/C32H28N4O3S/c1-39-26-19-11-18-25(21-26)31-35-36-32(40-31)34-29(37)27(20-22-12-5-2-6-13-22)33-30(38)28(23-14-7-3-8-15-23)24-16-9-4-10-17-24/h2-19,21,27-28H,20H2,1H3,(H,33,38)(H,34,36,37)/t27-/m0/s1. The van der Waals surface area contributed by atoms with Crippen LogP contribution in [0.3, 0.4) is 0 Å². The normalized spacial score (nSPS) is 11.6. The molecule has 1 heterocycles. The molecule has 1 atom stereocenters. The molecule has 8 heteroatoms. The van der Waals surface area contributed by atoms with E-state index in [2.05, 4.69) is 20.8 Å². The van der Waals surface area contributed by atoms with Gasteiger partial charge in [-0.1, -0.05) is 114 Å². The summed E-state index contributed by atoms with van der Waals surface area (Å²) in [5.74, 6) is -0.502. The Bertz CT molecular complexity index is 1520. The Balaban J connectivity index is 1.39. The van der Waals surface area contributed by atoms with E-state index < -0.39 is 12.0 Å². The van der Waals surface area contributed by atoms with Crippen molar-refractivity contribution in [3.63, 3.8) is 0 Å². The second-order valence-corrected chi connectivity index (χ2v) is 10.1. The van der Waals surface area contributed by atoms with E-state index in [1.807, 2.05) is 115 Å². The highest BCUT2D eigenvalue weighted by Crippen LogP contribution is 2.29. The molecule has 1 aromatic heterocycles. The van der Waals surface area contributed by atoms with Crippen molar-refractivity contribution in [2.75, 3.05) is 12.4 Å². The summed E-state index contributed by atoms with van der Waals surface area (Å²) in [5, 5.41) is 15.3. The highest BCUT2D eigenvalue weighted by atomic mass is 32.1. The first-order valence-electron chi connectivity index (χ1n) is 12.8. The number of anilines is 1. The van der Waals surface area contributed by atoms with Crippen molar-refractivity contribution in [3.8, 4) is 16.3 Å². The van der Waals surface area contributed by atoms with E-state index in [-0.39, 0.29) is 11.8 Å². The van der Waals surface area contributed by atoms with Gasteiger partial charge in [0, 0.05) is 12.0 Å². The maximum Gasteiger partial charge on any atom is 0.249 e. The van der Waals surface area contributed by atoms with Crippen LogP contribution in [0.15, 0.2) is 115 Å². The third-order valence-corrected chi connectivity index (χ3v) is 7.30. The van der Waals surface area contributed by atoms with Gasteiger partial charge in [0.05, 0.1) is 13.0 Å². The minimum absolute atomic E-state index is 0.261. The average Bonchev–Trinajstić information content (AvgIpc) is 3.47. The van der Waals surface area contributed by atoms with Gasteiger partial charge in [-0.15, -0.1) is 10.2 Å². The number of ether oxygens (including phenoxy) is 1. The predicted molar refractivity (Wildman–Crippen MR) is 157 cm³/mol. The Morgan fingerprint density at radius 2 is 1.40 bits per heavy atom. The first-order valence-corrected chi connectivity index (χ1v) is 13.7. The number of hydrogen-bond acceptors (Lipinski definition) is 6. The zero-order valence-electron chi connectivity index (χ0n) is 21.9. The smallest absolute Gasteiger partial charge is 0.249 e. The fraction of sp³-hybridized carbons (Fsp3) is 0.125. The topological polar surface area (TPSA) is 93.2 Å². The lowest BCUT2D eigenvalue weighted by Gasteiger charge is -2.23. The Kier molecular flexibility index (Phi) is 8.58. The van der Waals surface area contributed by atoms with Gasteiger partial charge < -0.3 is 10.1 Å². The molecule has 0 saturated carbocycles. The van der Waals surface area contributed by atoms with Crippen LogP contribution in [0.4, 0.5) is 5.13 Å². The largest absolute Gasteiger partial charge is 0.497 e. The summed E-state index contributed by atoms with van der Waals surface area (Å²) in [6.45, 7) is 0. The number of carbonyl (C=O) groups is 2. The molecule has 5 aromatic rings. The van der Waals surface area contributed by atoms with Gasteiger partial charge in [0.15, 0.2) is 0 Å². The van der Waals surface area contributed by atoms with E-state index >= 15 is 0 Å². The van der Waals surface area contributed by atoms with Gasteiger partial charge in [-0.3, -0.25) is 14.9 Å². The SMILES string of the molecule is COc1cccc(-c2nnc(NC(=O)[C@H](Cc3ccccc3)NC(=O)C(c3ccccc3)c3ccccc3)s2)c1. The molecule has 4 aromatic carbocycles. The molecule has 200 valence electrons. The third-order valence-electron chi connectivity index (χ3n) is 6.42. The number of aromatic nitrogens is 2. The third kappa shape index (κ3) is 6.59. The Hall–Kier alpha value is -4.82. The van der Waals surface area contributed by atoms with Gasteiger partial charge in [0.25, 0.3) is 0 Å². The Morgan fingerprint density at radius 3 is 2.02 bits per heavy atom. The van der Waals surface area contributed by atoms with Gasteiger partial charge in [-0.25, -0.2) is 0 Å². The van der Waals surface area contributed by atoms with Crippen LogP contribution in [0.5, 0.6) is 5.75 Å². The highest BCUT2D eigenvalue weighted by molar-refractivity contribution is 7.18. The van der Waals surface area contributed by atoms with Crippen LogP contribution in [-0.2, 0) is 16.0 Å². The number of hydrogen-bond donors (Lipinski definition) is 2. The van der Waals surface area contributed by atoms with Gasteiger partial charge >= 0.3 is 0 Å². The maximum absolute atomic E-state index is 13.8. The van der Waals surface area contributed by atoms with Crippen molar-refractivity contribution in [3.05, 3.63) is 132 Å². The molecule has 2 amide bonds. The summed E-state index contributed by atoms with van der Waals surface area (Å²) in [4.78, 5) is 27.4. The second kappa shape index (κ2) is 12.8. The fourth-order valence-electron chi connectivity index (χ4n) is 4.44. The minimum Gasteiger partial charge on any atom is -0.497 e. The summed E-state index contributed by atoms with van der Waals surface area (Å²) < 4.78 is 5.30. The molecule has 0 spiro atoms. The van der Waals surface area contributed by atoms with E-state index in [0.717, 1.165) is 22.3 Å². The minimum atomic E-state index is -0.839. The molecular weight excluding hydrogens is 520 g/mol. The molecule has 40 heavy (non-hydrogen) atoms. The summed E-state index contributed by atoms with van der Waals surface area (Å²) in [6, 6.07) is 35.4. The first-order chi connectivity index (χ1) is 19.6. The molecule has 0 bridgehead atoms. The van der Waals surface area contributed by atoms with Crippen LogP contribution in [0, 0.1) is 0 Å². The first kappa shape index (κ1) is 26.8. The van der Waals surface area contributed by atoms with Gasteiger partial charge in [-0.05, 0) is 28.8 Å². The van der Waals surface area contributed by atoms with Gasteiger partial charge in [-0.2, -0.15) is 0 Å². The van der Waals surface area contributed by atoms with Crippen molar-refractivity contribution >= 4 is 28.3 Å². The Labute approximate surface area is 236 Å². The number of methoxy groups -OCH3 is 1. The Morgan fingerprint density at radius 1 is 0.775 bits per heavy atom. The van der Waals surface area contributed by atoms with Gasteiger partial charge in [0.2, 0.25) is 16.9 Å². The molecule has 0 unspecified atom stereocenters.